The van der Waals surface area contributed by atoms with Crippen LogP contribution >= 0.6 is 0 Å². The van der Waals surface area contributed by atoms with Crippen molar-refractivity contribution in [1.29, 1.82) is 0 Å². The van der Waals surface area contributed by atoms with E-state index < -0.39 is 24.9 Å². The Bertz CT molecular complexity index is 544. The van der Waals surface area contributed by atoms with Gasteiger partial charge in [-0.2, -0.15) is 0 Å². The first-order valence-corrected chi connectivity index (χ1v) is 13.9. The van der Waals surface area contributed by atoms with Gasteiger partial charge in [-0.25, -0.2) is 0 Å². The molecule has 0 amide bonds. The molecule has 0 spiro atoms. The predicted molar refractivity (Wildman–Crippen MR) is 85.9 cm³/mol. The number of rotatable bonds is 7. The van der Waals surface area contributed by atoms with Gasteiger partial charge in [-0.05, 0) is 0 Å². The molecule has 2 aromatic rings. The third-order valence-electron chi connectivity index (χ3n) is 4.12. The quantitative estimate of drug-likeness (QED) is 0.509. The van der Waals surface area contributed by atoms with Crippen molar-refractivity contribution in [3.05, 3.63) is 42.0 Å². The molecule has 20 heavy (non-hydrogen) atoms. The summed E-state index contributed by atoms with van der Waals surface area (Å²) in [6, 6.07) is 13.3. The first kappa shape index (κ1) is 15.8. The van der Waals surface area contributed by atoms with E-state index >= 15 is 0 Å². The predicted octanol–water partition coefficient (Wildman–Crippen LogP) is 5.95. The van der Waals surface area contributed by atoms with Gasteiger partial charge in [0.2, 0.25) is 0 Å². The molecule has 0 aliphatic carbocycles. The molecule has 1 N–H and O–H groups in total. The molecule has 0 saturated heterocycles. The van der Waals surface area contributed by atoms with E-state index in [9.17, 15) is 0 Å². The van der Waals surface area contributed by atoms with Crippen LogP contribution in [0.3, 0.4) is 0 Å². The van der Waals surface area contributed by atoms with Crippen molar-refractivity contribution in [2.24, 2.45) is 0 Å². The Morgan fingerprint density at radius 3 is 2.25 bits per heavy atom. The molecule has 1 nitrogen and oxygen atoms in total. The summed E-state index contributed by atoms with van der Waals surface area (Å²) in [5, 5.41) is 2.80. The average Bonchev–Trinajstić information content (AvgIpc) is 2.47. The van der Waals surface area contributed by atoms with Crippen LogP contribution in [0.4, 0.5) is 5.69 Å². The summed E-state index contributed by atoms with van der Waals surface area (Å²) in [4.78, 5) is 0. The van der Waals surface area contributed by atoms with Crippen LogP contribution < -0.4 is 3.08 Å². The molecule has 0 bridgehead atoms. The molecular formula is C18H25HgN. The molecule has 0 aromatic heterocycles. The van der Waals surface area contributed by atoms with Gasteiger partial charge >= 0.3 is 136 Å². The second-order valence-corrected chi connectivity index (χ2v) is 13.3. The maximum atomic E-state index is 3.91. The van der Waals surface area contributed by atoms with Crippen molar-refractivity contribution >= 4 is 16.5 Å². The number of nitrogens with one attached hydrogen (secondary N) is 1. The van der Waals surface area contributed by atoms with Gasteiger partial charge in [-0.15, -0.1) is 0 Å². The monoisotopic (exact) mass is 457 g/mol. The molecule has 0 unspecified atom stereocenters. The van der Waals surface area contributed by atoms with Gasteiger partial charge in [-0.1, -0.05) is 0 Å². The fourth-order valence-corrected chi connectivity index (χ4v) is 11.0. The summed E-state index contributed by atoms with van der Waals surface area (Å²) < 4.78 is 4.93. The number of fused-ring (bicyclic) bond motifs is 1. The third kappa shape index (κ3) is 3.97. The van der Waals surface area contributed by atoms with Crippen LogP contribution in [-0.4, -0.2) is 0 Å². The van der Waals surface area contributed by atoms with Gasteiger partial charge in [0, 0.05) is 0 Å². The van der Waals surface area contributed by atoms with Crippen LogP contribution in [-0.2, 0) is 24.9 Å². The van der Waals surface area contributed by atoms with Gasteiger partial charge in [0.15, 0.2) is 0 Å². The fraction of sp³-hybridized carbons (Fsp3) is 0.444. The van der Waals surface area contributed by atoms with Crippen LogP contribution in [0.2, 0.25) is 3.43 Å². The van der Waals surface area contributed by atoms with Crippen LogP contribution in [0.5, 0.6) is 0 Å². The van der Waals surface area contributed by atoms with Crippen LogP contribution in [0, 0.1) is 6.92 Å². The third-order valence-corrected chi connectivity index (χ3v) is 11.8. The zero-order valence-electron chi connectivity index (χ0n) is 13.1. The molecule has 2 aromatic carbocycles. The molecule has 104 valence electrons. The number of aryl methyl sites for hydroxylation is 1. The Morgan fingerprint density at radius 2 is 1.60 bits per heavy atom. The van der Waals surface area contributed by atoms with Crippen molar-refractivity contribution in [1.82, 2.24) is 0 Å². The van der Waals surface area contributed by atoms with E-state index in [4.69, 9.17) is 0 Å². The minimum atomic E-state index is -1.05. The Morgan fingerprint density at radius 1 is 0.950 bits per heavy atom. The second-order valence-electron chi connectivity index (χ2n) is 5.80. The SMILES string of the molecule is CCC[CH](CCC)[Hg][NH]c1ccc(C)c2ccccc12. The molecule has 0 aliphatic heterocycles. The number of hydrogen-bond donors (Lipinski definition) is 1. The van der Waals surface area contributed by atoms with E-state index in [2.05, 4.69) is 60.3 Å². The molecule has 0 saturated carbocycles. The van der Waals surface area contributed by atoms with E-state index in [1.54, 1.807) is 0 Å². The Hall–Kier alpha value is -0.565. The summed E-state index contributed by atoms with van der Waals surface area (Å²) in [7, 11) is 0. The van der Waals surface area contributed by atoms with E-state index in [0.29, 0.717) is 0 Å². The second kappa shape index (κ2) is 8.02. The average molecular weight is 456 g/mol. The summed E-state index contributed by atoms with van der Waals surface area (Å²) in [6.07, 6.45) is 5.51. The first-order valence-electron chi connectivity index (χ1n) is 7.98. The van der Waals surface area contributed by atoms with Crippen molar-refractivity contribution in [2.75, 3.05) is 3.08 Å². The van der Waals surface area contributed by atoms with Gasteiger partial charge in [0.1, 0.15) is 0 Å². The first-order chi connectivity index (χ1) is 9.76. The summed E-state index contributed by atoms with van der Waals surface area (Å²) >= 11 is -1.05. The molecule has 0 heterocycles. The van der Waals surface area contributed by atoms with Gasteiger partial charge in [0.25, 0.3) is 0 Å². The zero-order chi connectivity index (χ0) is 14.4. The van der Waals surface area contributed by atoms with Gasteiger partial charge < -0.3 is 0 Å². The van der Waals surface area contributed by atoms with E-state index in [1.165, 1.54) is 47.7 Å². The van der Waals surface area contributed by atoms with Crippen molar-refractivity contribution in [3.63, 3.8) is 0 Å². The standard InChI is InChI=1S/C11H10N.C7H15.Hg/c1-8-6-7-11(12)10-5-3-2-4-9(8)10;1-3-5-7-6-4-2;/h2-7,12H,1H3;7H,3-6H2,1-2H3;/q-1;;+1. The van der Waals surface area contributed by atoms with E-state index in [-0.39, 0.29) is 0 Å². The van der Waals surface area contributed by atoms with Crippen LogP contribution in [0.15, 0.2) is 36.4 Å². The molecule has 0 atom stereocenters. The number of anilines is 1. The number of hydrogen-bond acceptors (Lipinski definition) is 1. The Labute approximate surface area is 136 Å². The topological polar surface area (TPSA) is 12.0 Å². The Balaban J connectivity index is 2.15. The molecule has 0 fully saturated rings. The van der Waals surface area contributed by atoms with E-state index in [1.807, 2.05) is 0 Å². The summed E-state index contributed by atoms with van der Waals surface area (Å²) in [5.74, 6) is 0. The van der Waals surface area contributed by atoms with E-state index in [0.717, 1.165) is 3.43 Å². The molecule has 0 aliphatic rings. The summed E-state index contributed by atoms with van der Waals surface area (Å²) in [6.45, 7) is 6.84. The number of benzene rings is 2. The zero-order valence-corrected chi connectivity index (χ0v) is 18.6. The van der Waals surface area contributed by atoms with Gasteiger partial charge in [-0.3, -0.25) is 0 Å². The van der Waals surface area contributed by atoms with Crippen molar-refractivity contribution < 1.29 is 24.9 Å². The van der Waals surface area contributed by atoms with Crippen LogP contribution in [0.25, 0.3) is 10.8 Å². The minimum absolute atomic E-state index is 1.02. The molecule has 0 radical (unpaired) electrons. The van der Waals surface area contributed by atoms with Crippen LogP contribution in [0.1, 0.15) is 45.1 Å². The van der Waals surface area contributed by atoms with Gasteiger partial charge in [0.05, 0.1) is 0 Å². The fourth-order valence-electron chi connectivity index (χ4n) is 3.02. The Kier molecular flexibility index (Phi) is 6.34. The van der Waals surface area contributed by atoms with Crippen molar-refractivity contribution in [3.8, 4) is 0 Å². The normalized spacial score (nSPS) is 10.8. The molecule has 2 rings (SSSR count). The molecular weight excluding hydrogens is 431 g/mol. The van der Waals surface area contributed by atoms with Crippen molar-refractivity contribution in [2.45, 2.75) is 49.9 Å². The summed E-state index contributed by atoms with van der Waals surface area (Å²) in [5.41, 5.74) is 2.76. The molecule has 2 heteroatoms. The maximum absolute atomic E-state index is 3.91.